The van der Waals surface area contributed by atoms with Crippen molar-refractivity contribution in [1.29, 1.82) is 0 Å². The van der Waals surface area contributed by atoms with Crippen molar-refractivity contribution in [1.82, 2.24) is 5.43 Å². The molecule has 1 aliphatic rings. The standard InChI is InChI=1S/C25H20N2O3/c1-16-11-13-17(14-12-16)23(28)15-22(25(29)30-2)26-27-24-20-9-5-3-7-18(20)19-8-4-6-10-21(19)24/h3-15,26H,1-2H3/b22-15-. The zero-order valence-corrected chi connectivity index (χ0v) is 16.7. The summed E-state index contributed by atoms with van der Waals surface area (Å²) >= 11 is 0. The van der Waals surface area contributed by atoms with Gasteiger partial charge in [-0.05, 0) is 18.1 Å². The van der Waals surface area contributed by atoms with Gasteiger partial charge < -0.3 is 4.74 Å². The predicted octanol–water partition coefficient (Wildman–Crippen LogP) is 4.26. The molecule has 5 nitrogen and oxygen atoms in total. The second-order valence-corrected chi connectivity index (χ2v) is 6.94. The molecule has 3 aromatic carbocycles. The summed E-state index contributed by atoms with van der Waals surface area (Å²) in [4.78, 5) is 24.9. The van der Waals surface area contributed by atoms with Gasteiger partial charge in [-0.25, -0.2) is 4.79 Å². The van der Waals surface area contributed by atoms with E-state index in [1.54, 1.807) is 12.1 Å². The van der Waals surface area contributed by atoms with Crippen molar-refractivity contribution in [2.75, 3.05) is 7.11 Å². The monoisotopic (exact) mass is 396 g/mol. The third-order valence-electron chi connectivity index (χ3n) is 4.96. The number of fused-ring (bicyclic) bond motifs is 3. The molecule has 148 valence electrons. The lowest BCUT2D eigenvalue weighted by atomic mass is 10.1. The summed E-state index contributed by atoms with van der Waals surface area (Å²) in [5.41, 5.74) is 9.04. The van der Waals surface area contributed by atoms with Crippen LogP contribution in [0, 0.1) is 6.92 Å². The zero-order chi connectivity index (χ0) is 21.1. The summed E-state index contributed by atoms with van der Waals surface area (Å²) in [5, 5.41) is 4.48. The van der Waals surface area contributed by atoms with Crippen molar-refractivity contribution in [3.63, 3.8) is 0 Å². The number of carbonyl (C=O) groups is 2. The number of ether oxygens (including phenoxy) is 1. The minimum atomic E-state index is -0.667. The fraction of sp³-hybridized carbons (Fsp3) is 0.0800. The van der Waals surface area contributed by atoms with E-state index in [0.717, 1.165) is 27.8 Å². The van der Waals surface area contributed by atoms with Gasteiger partial charge in [0, 0.05) is 22.8 Å². The Morgan fingerprint density at radius 2 is 1.37 bits per heavy atom. The SMILES string of the molecule is COC(=O)/C(=C/C(=O)c1ccc(C)cc1)NN=C1c2ccccc2-c2ccccc21. The van der Waals surface area contributed by atoms with E-state index in [2.05, 4.69) is 10.5 Å². The lowest BCUT2D eigenvalue weighted by Gasteiger charge is -2.07. The topological polar surface area (TPSA) is 67.8 Å². The van der Waals surface area contributed by atoms with Crippen LogP contribution in [0.5, 0.6) is 0 Å². The second kappa shape index (κ2) is 8.17. The summed E-state index contributed by atoms with van der Waals surface area (Å²) in [7, 11) is 1.27. The maximum Gasteiger partial charge on any atom is 0.356 e. The van der Waals surface area contributed by atoms with Gasteiger partial charge in [-0.15, -0.1) is 0 Å². The number of methoxy groups -OCH3 is 1. The first kappa shape index (κ1) is 19.3. The van der Waals surface area contributed by atoms with Crippen LogP contribution < -0.4 is 5.43 Å². The Hall–Kier alpha value is -3.99. The Labute approximate surface area is 174 Å². The molecule has 0 aliphatic heterocycles. The van der Waals surface area contributed by atoms with Crippen LogP contribution in [0.2, 0.25) is 0 Å². The number of carbonyl (C=O) groups excluding carboxylic acids is 2. The number of rotatable bonds is 5. The highest BCUT2D eigenvalue weighted by Crippen LogP contribution is 2.36. The lowest BCUT2D eigenvalue weighted by molar-refractivity contribution is -0.136. The van der Waals surface area contributed by atoms with Crippen molar-refractivity contribution in [3.05, 3.63) is 107 Å². The first-order valence-electron chi connectivity index (χ1n) is 9.52. The van der Waals surface area contributed by atoms with E-state index >= 15 is 0 Å². The fourth-order valence-electron chi connectivity index (χ4n) is 3.41. The Bertz CT molecular complexity index is 1140. The molecule has 5 heteroatoms. The average Bonchev–Trinajstić information content (AvgIpc) is 3.10. The maximum absolute atomic E-state index is 12.6. The number of allylic oxidation sites excluding steroid dienone is 1. The minimum Gasteiger partial charge on any atom is -0.464 e. The van der Waals surface area contributed by atoms with Crippen molar-refractivity contribution < 1.29 is 14.3 Å². The normalized spacial score (nSPS) is 12.1. The Balaban J connectivity index is 1.69. The Kier molecular flexibility index (Phi) is 5.26. The molecule has 0 fully saturated rings. The summed E-state index contributed by atoms with van der Waals surface area (Å²) < 4.78 is 4.83. The third-order valence-corrected chi connectivity index (χ3v) is 4.96. The summed E-state index contributed by atoms with van der Waals surface area (Å²) in [5.74, 6) is -0.977. The molecule has 0 heterocycles. The Morgan fingerprint density at radius 1 is 0.833 bits per heavy atom. The quantitative estimate of drug-likeness (QED) is 0.237. The second-order valence-electron chi connectivity index (χ2n) is 6.94. The van der Waals surface area contributed by atoms with Crippen LogP contribution in [-0.2, 0) is 9.53 Å². The van der Waals surface area contributed by atoms with Crippen LogP contribution in [0.3, 0.4) is 0 Å². The fourth-order valence-corrected chi connectivity index (χ4v) is 3.41. The van der Waals surface area contributed by atoms with Gasteiger partial charge in [0.05, 0.1) is 12.8 Å². The molecule has 0 spiro atoms. The van der Waals surface area contributed by atoms with Crippen LogP contribution in [0.4, 0.5) is 0 Å². The lowest BCUT2D eigenvalue weighted by Crippen LogP contribution is -2.20. The van der Waals surface area contributed by atoms with Gasteiger partial charge in [0.2, 0.25) is 0 Å². The molecule has 3 aromatic rings. The largest absolute Gasteiger partial charge is 0.464 e. The molecule has 4 rings (SSSR count). The van der Waals surface area contributed by atoms with Crippen molar-refractivity contribution in [2.24, 2.45) is 5.10 Å². The van der Waals surface area contributed by atoms with Crippen LogP contribution in [-0.4, -0.2) is 24.6 Å². The van der Waals surface area contributed by atoms with E-state index in [0.29, 0.717) is 11.3 Å². The molecule has 0 amide bonds. The van der Waals surface area contributed by atoms with Crippen LogP contribution in [0.25, 0.3) is 11.1 Å². The number of ketones is 1. The summed E-state index contributed by atoms with van der Waals surface area (Å²) in [6, 6.07) is 23.0. The number of benzene rings is 3. The van der Waals surface area contributed by atoms with Crippen LogP contribution in [0.1, 0.15) is 27.0 Å². The number of esters is 1. The molecule has 0 saturated carbocycles. The highest BCUT2D eigenvalue weighted by Gasteiger charge is 2.24. The van der Waals surface area contributed by atoms with Crippen molar-refractivity contribution >= 4 is 17.5 Å². The van der Waals surface area contributed by atoms with Crippen molar-refractivity contribution in [2.45, 2.75) is 6.92 Å². The number of hydrogen-bond donors (Lipinski definition) is 1. The molecule has 0 atom stereocenters. The van der Waals surface area contributed by atoms with E-state index in [-0.39, 0.29) is 11.5 Å². The van der Waals surface area contributed by atoms with Gasteiger partial charge in [-0.3, -0.25) is 10.2 Å². The van der Waals surface area contributed by atoms with Gasteiger partial charge >= 0.3 is 5.97 Å². The first-order chi connectivity index (χ1) is 14.6. The number of hydrazone groups is 1. The smallest absolute Gasteiger partial charge is 0.356 e. The highest BCUT2D eigenvalue weighted by molar-refractivity contribution is 6.24. The number of nitrogens with one attached hydrogen (secondary N) is 1. The molecular weight excluding hydrogens is 376 g/mol. The van der Waals surface area contributed by atoms with E-state index in [9.17, 15) is 9.59 Å². The van der Waals surface area contributed by atoms with E-state index < -0.39 is 5.97 Å². The van der Waals surface area contributed by atoms with E-state index in [1.807, 2.05) is 67.6 Å². The van der Waals surface area contributed by atoms with Gasteiger partial charge in [0.1, 0.15) is 5.70 Å². The van der Waals surface area contributed by atoms with Crippen LogP contribution in [0.15, 0.2) is 89.7 Å². The molecule has 0 unspecified atom stereocenters. The van der Waals surface area contributed by atoms with E-state index in [1.165, 1.54) is 13.2 Å². The van der Waals surface area contributed by atoms with Crippen molar-refractivity contribution in [3.8, 4) is 11.1 Å². The van der Waals surface area contributed by atoms with Crippen LogP contribution >= 0.6 is 0 Å². The number of nitrogens with zero attached hydrogens (tertiary/aromatic N) is 1. The number of hydrogen-bond acceptors (Lipinski definition) is 5. The molecule has 0 radical (unpaired) electrons. The van der Waals surface area contributed by atoms with Gasteiger partial charge in [0.15, 0.2) is 5.78 Å². The maximum atomic E-state index is 12.6. The highest BCUT2D eigenvalue weighted by atomic mass is 16.5. The molecule has 0 bridgehead atoms. The molecular formula is C25H20N2O3. The zero-order valence-electron chi connectivity index (χ0n) is 16.7. The first-order valence-corrected chi connectivity index (χ1v) is 9.52. The average molecular weight is 396 g/mol. The summed E-state index contributed by atoms with van der Waals surface area (Å²) in [6.45, 7) is 1.94. The molecule has 1 aliphatic carbocycles. The predicted molar refractivity (Wildman–Crippen MR) is 116 cm³/mol. The molecule has 0 aromatic heterocycles. The molecule has 1 N–H and O–H groups in total. The van der Waals surface area contributed by atoms with Gasteiger partial charge in [-0.2, -0.15) is 5.10 Å². The molecule has 0 saturated heterocycles. The van der Waals surface area contributed by atoms with Gasteiger partial charge in [0.25, 0.3) is 0 Å². The molecule has 30 heavy (non-hydrogen) atoms. The van der Waals surface area contributed by atoms with Gasteiger partial charge in [-0.1, -0.05) is 78.4 Å². The minimum absolute atomic E-state index is 0.0302. The van der Waals surface area contributed by atoms with E-state index in [4.69, 9.17) is 4.74 Å². The Morgan fingerprint density at radius 3 is 1.90 bits per heavy atom. The summed E-state index contributed by atoms with van der Waals surface area (Å²) in [6.07, 6.45) is 1.22. The number of aryl methyl sites for hydroxylation is 1. The third kappa shape index (κ3) is 3.65.